The summed E-state index contributed by atoms with van der Waals surface area (Å²) in [7, 11) is 3.26. The number of aromatic hydroxyl groups is 2. The molecule has 4 aromatic rings. The van der Waals surface area contributed by atoms with Crippen LogP contribution in [0.15, 0.2) is 88.8 Å². The fourth-order valence-corrected chi connectivity index (χ4v) is 5.76. The van der Waals surface area contributed by atoms with Crippen molar-refractivity contribution in [2.75, 3.05) is 14.2 Å². The molecule has 1 aliphatic rings. The van der Waals surface area contributed by atoms with Crippen LogP contribution in [0.4, 0.5) is 0 Å². The summed E-state index contributed by atoms with van der Waals surface area (Å²) in [4.78, 5) is 9.76. The van der Waals surface area contributed by atoms with Crippen molar-refractivity contribution >= 4 is 12.4 Å². The van der Waals surface area contributed by atoms with Gasteiger partial charge in [-0.2, -0.15) is 0 Å². The molecule has 9 heteroatoms. The molecular weight excluding hydrogens is 680 g/mol. The normalized spacial score (nSPS) is 16.2. The van der Waals surface area contributed by atoms with E-state index in [9.17, 15) is 15.3 Å². The first-order valence-corrected chi connectivity index (χ1v) is 17.1. The van der Waals surface area contributed by atoms with Crippen molar-refractivity contribution < 1.29 is 46.9 Å². The van der Waals surface area contributed by atoms with Gasteiger partial charge in [-0.1, -0.05) is 84.7 Å². The maximum absolute atomic E-state index is 10.9. The second kappa shape index (κ2) is 18.2. The van der Waals surface area contributed by atoms with Crippen molar-refractivity contribution in [2.45, 2.75) is 90.1 Å². The molecule has 0 amide bonds. The Kier molecular flexibility index (Phi) is 14.6. The zero-order chi connectivity index (χ0) is 36.5. The molecule has 0 bridgehead atoms. The van der Waals surface area contributed by atoms with E-state index in [1.807, 2.05) is 54.6 Å². The van der Waals surface area contributed by atoms with Gasteiger partial charge in [-0.15, -0.1) is 5.75 Å². The largest absolute Gasteiger partial charge is 0.872 e. The molecule has 51 heavy (non-hydrogen) atoms. The van der Waals surface area contributed by atoms with Gasteiger partial charge in [0.15, 0.2) is 0 Å². The van der Waals surface area contributed by atoms with Crippen molar-refractivity contribution in [1.29, 1.82) is 0 Å². The van der Waals surface area contributed by atoms with Crippen LogP contribution in [-0.2, 0) is 28.2 Å². The summed E-state index contributed by atoms with van der Waals surface area (Å²) in [6.07, 6.45) is 7.53. The zero-order valence-corrected chi connectivity index (χ0v) is 32.2. The molecule has 2 atom stereocenters. The molecule has 0 aliphatic heterocycles. The standard InChI is InChI=1S/C30H42N2O4.C12H10O2.Cr/c1-29(2,3)23-15-21(35-7)13-19(27(23)33)17-31-25-11-9-10-12-26(25)32-18-20-14-22(36-8)16-24(28(20)34)30(4,5)6;13-10-6-8-12(9-7-10)14-11-4-2-1-3-5-11;/h13-18,25-26,33-34H,9-12H2,1-8H3;1-9,13H;/p-1. The Morgan fingerprint density at radius 2 is 1.04 bits per heavy atom. The smallest absolute Gasteiger partial charge is 0.128 e. The Balaban J connectivity index is 0.000000389. The third-order valence-electron chi connectivity index (χ3n) is 8.62. The van der Waals surface area contributed by atoms with Gasteiger partial charge in [0.1, 0.15) is 34.5 Å². The van der Waals surface area contributed by atoms with Gasteiger partial charge in [0.25, 0.3) is 0 Å². The predicted molar refractivity (Wildman–Crippen MR) is 200 cm³/mol. The quantitative estimate of drug-likeness (QED) is 0.175. The molecule has 8 nitrogen and oxygen atoms in total. The number of para-hydroxylation sites is 1. The first-order valence-electron chi connectivity index (χ1n) is 17.1. The van der Waals surface area contributed by atoms with Crippen molar-refractivity contribution in [2.24, 2.45) is 9.98 Å². The van der Waals surface area contributed by atoms with E-state index in [0.717, 1.165) is 42.6 Å². The van der Waals surface area contributed by atoms with Crippen LogP contribution >= 0.6 is 0 Å². The van der Waals surface area contributed by atoms with Crippen LogP contribution in [0.5, 0.6) is 40.2 Å². The third kappa shape index (κ3) is 11.5. The summed E-state index contributed by atoms with van der Waals surface area (Å²) in [5, 5.41) is 32.7. The van der Waals surface area contributed by atoms with E-state index in [1.165, 1.54) is 12.1 Å². The Morgan fingerprint density at radius 1 is 0.627 bits per heavy atom. The summed E-state index contributed by atoms with van der Waals surface area (Å²) in [5.41, 5.74) is 2.47. The van der Waals surface area contributed by atoms with Crippen LogP contribution < -0.4 is 19.3 Å². The second-order valence-corrected chi connectivity index (χ2v) is 14.6. The fourth-order valence-electron chi connectivity index (χ4n) is 5.76. The first kappa shape index (κ1) is 41.0. The van der Waals surface area contributed by atoms with Crippen LogP contribution in [0, 0.1) is 0 Å². The fraction of sp³-hybridized carbons (Fsp3) is 0.381. The second-order valence-electron chi connectivity index (χ2n) is 14.6. The van der Waals surface area contributed by atoms with E-state index < -0.39 is 0 Å². The number of phenols is 2. The van der Waals surface area contributed by atoms with Gasteiger partial charge >= 0.3 is 0 Å². The van der Waals surface area contributed by atoms with Crippen molar-refractivity contribution in [1.82, 2.24) is 0 Å². The van der Waals surface area contributed by atoms with Crippen molar-refractivity contribution in [3.63, 3.8) is 0 Å². The maximum atomic E-state index is 10.9. The number of rotatable bonds is 8. The zero-order valence-electron chi connectivity index (χ0n) is 31.0. The molecule has 0 saturated heterocycles. The van der Waals surface area contributed by atoms with E-state index in [2.05, 4.69) is 41.5 Å². The number of hydrogen-bond donors (Lipinski definition) is 2. The van der Waals surface area contributed by atoms with Gasteiger partial charge < -0.3 is 29.5 Å². The van der Waals surface area contributed by atoms with E-state index >= 15 is 0 Å². The van der Waals surface area contributed by atoms with Gasteiger partial charge in [-0.05, 0) is 72.2 Å². The minimum absolute atomic E-state index is 0. The van der Waals surface area contributed by atoms with Crippen LogP contribution in [0.25, 0.3) is 0 Å². The average Bonchev–Trinajstić information content (AvgIpc) is 3.08. The number of phenolic OH excluding ortho intramolecular Hbond substituents is 2. The van der Waals surface area contributed by atoms with Crippen LogP contribution in [0.1, 0.15) is 89.5 Å². The summed E-state index contributed by atoms with van der Waals surface area (Å²) < 4.78 is 16.5. The molecule has 1 saturated carbocycles. The maximum Gasteiger partial charge on any atom is 0.128 e. The van der Waals surface area contributed by atoms with Gasteiger partial charge in [0.05, 0.1) is 26.3 Å². The van der Waals surface area contributed by atoms with Crippen molar-refractivity contribution in [3.8, 4) is 40.2 Å². The molecule has 0 heterocycles. The topological polar surface area (TPSA) is 116 Å². The summed E-state index contributed by atoms with van der Waals surface area (Å²) in [6, 6.07) is 23.1. The Labute approximate surface area is 314 Å². The Bertz CT molecular complexity index is 1670. The molecule has 1 fully saturated rings. The van der Waals surface area contributed by atoms with E-state index in [-0.39, 0.29) is 57.5 Å². The van der Waals surface area contributed by atoms with Crippen molar-refractivity contribution in [3.05, 3.63) is 101 Å². The molecular formula is C42H51CrN2O6-. The Hall–Kier alpha value is -4.45. The third-order valence-corrected chi connectivity index (χ3v) is 8.62. The molecule has 1 aliphatic carbocycles. The van der Waals surface area contributed by atoms with E-state index in [0.29, 0.717) is 28.4 Å². The number of aliphatic imine (C=N–C) groups is 2. The van der Waals surface area contributed by atoms with Crippen LogP contribution in [-0.4, -0.2) is 48.9 Å². The Morgan fingerprint density at radius 3 is 1.43 bits per heavy atom. The van der Waals surface area contributed by atoms with Crippen LogP contribution in [0.2, 0.25) is 0 Å². The average molecular weight is 732 g/mol. The SMILES string of the molecule is COc1cc(C=NC2CCCCC2N=Cc2cc(OC)cc(C(C)(C)C)c2O)c(O)c(C(C)(C)C)c1.[Cr].[O-]c1ccc(Oc2ccccc2)cc1. The summed E-state index contributed by atoms with van der Waals surface area (Å²) >= 11 is 0. The number of benzene rings is 4. The molecule has 2 N–H and O–H groups in total. The van der Waals surface area contributed by atoms with Gasteiger partial charge in [-0.25, -0.2) is 0 Å². The summed E-state index contributed by atoms with van der Waals surface area (Å²) in [5.74, 6) is 3.30. The summed E-state index contributed by atoms with van der Waals surface area (Å²) in [6.45, 7) is 12.4. The van der Waals surface area contributed by atoms with Gasteiger partial charge in [0.2, 0.25) is 0 Å². The van der Waals surface area contributed by atoms with Crippen LogP contribution in [0.3, 0.4) is 0 Å². The molecule has 0 radical (unpaired) electrons. The molecule has 2 unspecified atom stereocenters. The number of ether oxygens (including phenoxy) is 3. The molecule has 0 spiro atoms. The minimum atomic E-state index is -0.233. The van der Waals surface area contributed by atoms with E-state index in [1.54, 1.807) is 38.8 Å². The number of methoxy groups -OCH3 is 2. The molecule has 0 aromatic heterocycles. The van der Waals surface area contributed by atoms with Gasteiger partial charge in [0, 0.05) is 52.0 Å². The number of hydrogen-bond acceptors (Lipinski definition) is 8. The van der Waals surface area contributed by atoms with E-state index in [4.69, 9.17) is 24.2 Å². The predicted octanol–water partition coefficient (Wildman–Crippen LogP) is 9.11. The molecule has 272 valence electrons. The first-order chi connectivity index (χ1) is 23.7. The monoisotopic (exact) mass is 731 g/mol. The molecule has 5 rings (SSSR count). The number of nitrogens with zero attached hydrogens (tertiary/aromatic N) is 2. The molecule has 4 aromatic carbocycles. The van der Waals surface area contributed by atoms with Gasteiger partial charge in [-0.3, -0.25) is 9.98 Å². The minimum Gasteiger partial charge on any atom is -0.872 e.